The minimum atomic E-state index is -0.474. The predicted octanol–water partition coefficient (Wildman–Crippen LogP) is 4.09. The average molecular weight is 388 g/mol. The molecule has 6 heteroatoms. The van der Waals surface area contributed by atoms with Crippen molar-refractivity contribution in [2.24, 2.45) is 10.9 Å². The van der Waals surface area contributed by atoms with Gasteiger partial charge in [0.1, 0.15) is 0 Å². The summed E-state index contributed by atoms with van der Waals surface area (Å²) in [6, 6.07) is 7.13. The lowest BCUT2D eigenvalue weighted by molar-refractivity contribution is -0.117. The average Bonchev–Trinajstić information content (AvgIpc) is 3.18. The van der Waals surface area contributed by atoms with Crippen molar-refractivity contribution in [1.29, 1.82) is 0 Å². The quantitative estimate of drug-likeness (QED) is 0.840. The summed E-state index contributed by atoms with van der Waals surface area (Å²) < 4.78 is 11.0. The number of hydrogen-bond donors (Lipinski definition) is 1. The van der Waals surface area contributed by atoms with Crippen LogP contribution in [0.2, 0.25) is 0 Å². The summed E-state index contributed by atoms with van der Waals surface area (Å²) in [6.45, 7) is 0. The number of aliphatic imine (C=N–C) groups is 1. The van der Waals surface area contributed by atoms with E-state index in [0.29, 0.717) is 17.0 Å². The number of hydrogen-bond acceptors (Lipinski definition) is 4. The molecule has 1 aliphatic heterocycles. The van der Waals surface area contributed by atoms with Crippen LogP contribution >= 0.6 is 0 Å². The topological polar surface area (TPSA) is 80.9 Å². The standard InChI is InChI=1S/C23H20N2O4/c1-28-19-8-4-5-13-11-20(29-21(13)19)23(27)24-14-9-10-16-15-6-2-3-7-17(15)22(26)25-18(16)12-14/h4-5,8-12,16H,2-3,6-7H2,1H3,(H,25,26). The van der Waals surface area contributed by atoms with Crippen molar-refractivity contribution in [3.05, 3.63) is 65.1 Å². The van der Waals surface area contributed by atoms with Crippen LogP contribution in [0.5, 0.6) is 5.75 Å². The van der Waals surface area contributed by atoms with Crippen molar-refractivity contribution >= 4 is 28.5 Å². The van der Waals surface area contributed by atoms with Gasteiger partial charge in [-0.25, -0.2) is 4.99 Å². The Morgan fingerprint density at radius 3 is 3.00 bits per heavy atom. The number of carbonyl (C=O) groups is 2. The number of nitrogens with zero attached hydrogens (tertiary/aromatic N) is 1. The molecule has 5 rings (SSSR count). The SMILES string of the molecule is COc1cccc2cc(C(=O)N=C3C=CC4C(=C3)NC(=O)C3=C4CCCC3)oc12. The largest absolute Gasteiger partial charge is 0.493 e. The summed E-state index contributed by atoms with van der Waals surface area (Å²) in [5.41, 5.74) is 3.94. The van der Waals surface area contributed by atoms with Gasteiger partial charge >= 0.3 is 5.91 Å². The third kappa shape index (κ3) is 3.01. The number of allylic oxidation sites excluding steroid dienone is 3. The minimum absolute atomic E-state index is 0.0208. The molecule has 3 aliphatic rings. The number of nitrogens with one attached hydrogen (secondary N) is 1. The van der Waals surface area contributed by atoms with Crippen LogP contribution in [0.15, 0.2) is 68.7 Å². The first-order valence-electron chi connectivity index (χ1n) is 9.76. The van der Waals surface area contributed by atoms with E-state index in [1.807, 2.05) is 24.3 Å². The van der Waals surface area contributed by atoms with Gasteiger partial charge < -0.3 is 14.5 Å². The van der Waals surface area contributed by atoms with Crippen LogP contribution in [0.4, 0.5) is 0 Å². The second kappa shape index (κ2) is 6.88. The smallest absolute Gasteiger partial charge is 0.313 e. The number of carbonyl (C=O) groups excluding carboxylic acids is 2. The van der Waals surface area contributed by atoms with Crippen LogP contribution in [0.3, 0.4) is 0 Å². The molecule has 0 saturated heterocycles. The molecule has 2 aromatic rings. The van der Waals surface area contributed by atoms with E-state index in [1.54, 1.807) is 25.3 Å². The fourth-order valence-corrected chi connectivity index (χ4v) is 4.30. The summed E-state index contributed by atoms with van der Waals surface area (Å²) in [4.78, 5) is 29.3. The minimum Gasteiger partial charge on any atom is -0.493 e. The fourth-order valence-electron chi connectivity index (χ4n) is 4.30. The number of ether oxygens (including phenoxy) is 1. The van der Waals surface area contributed by atoms with E-state index < -0.39 is 5.91 Å². The molecule has 1 unspecified atom stereocenters. The highest BCUT2D eigenvalue weighted by Gasteiger charge is 2.33. The number of para-hydroxylation sites is 1. The van der Waals surface area contributed by atoms with Gasteiger partial charge in [-0.1, -0.05) is 18.2 Å². The van der Waals surface area contributed by atoms with Crippen molar-refractivity contribution in [2.75, 3.05) is 7.11 Å². The highest BCUT2D eigenvalue weighted by atomic mass is 16.5. The molecule has 1 atom stereocenters. The Hall–Kier alpha value is -3.41. The van der Waals surface area contributed by atoms with Gasteiger partial charge in [-0.05, 0) is 55.5 Å². The normalized spacial score (nSPS) is 22.2. The Bertz CT molecular complexity index is 1160. The Morgan fingerprint density at radius 1 is 1.28 bits per heavy atom. The van der Waals surface area contributed by atoms with Gasteiger partial charge in [0.05, 0.1) is 12.8 Å². The van der Waals surface area contributed by atoms with Crippen LogP contribution in [-0.4, -0.2) is 24.6 Å². The van der Waals surface area contributed by atoms with Crippen molar-refractivity contribution in [2.45, 2.75) is 25.7 Å². The molecule has 0 spiro atoms. The van der Waals surface area contributed by atoms with Crippen molar-refractivity contribution in [1.82, 2.24) is 5.32 Å². The maximum absolute atomic E-state index is 12.7. The lowest BCUT2D eigenvalue weighted by Gasteiger charge is -2.33. The van der Waals surface area contributed by atoms with Crippen molar-refractivity contribution < 1.29 is 18.7 Å². The molecule has 0 fully saturated rings. The van der Waals surface area contributed by atoms with E-state index in [9.17, 15) is 9.59 Å². The lowest BCUT2D eigenvalue weighted by Crippen LogP contribution is -2.37. The number of methoxy groups -OCH3 is 1. The van der Waals surface area contributed by atoms with Gasteiger partial charge in [0, 0.05) is 22.6 Å². The number of benzene rings is 1. The van der Waals surface area contributed by atoms with E-state index in [-0.39, 0.29) is 17.6 Å². The van der Waals surface area contributed by atoms with Crippen molar-refractivity contribution in [3.8, 4) is 5.75 Å². The van der Waals surface area contributed by atoms with Gasteiger partial charge in [0.15, 0.2) is 17.1 Å². The van der Waals surface area contributed by atoms with Crippen LogP contribution in [-0.2, 0) is 4.79 Å². The molecule has 146 valence electrons. The number of furan rings is 1. The first kappa shape index (κ1) is 17.7. The maximum Gasteiger partial charge on any atom is 0.313 e. The molecule has 0 radical (unpaired) electrons. The molecule has 1 N–H and O–H groups in total. The van der Waals surface area contributed by atoms with Gasteiger partial charge in [-0.3, -0.25) is 9.59 Å². The number of amides is 2. The molecular weight excluding hydrogens is 368 g/mol. The lowest BCUT2D eigenvalue weighted by atomic mass is 9.77. The maximum atomic E-state index is 12.7. The highest BCUT2D eigenvalue weighted by Crippen LogP contribution is 2.38. The van der Waals surface area contributed by atoms with Crippen LogP contribution < -0.4 is 10.1 Å². The molecule has 2 amide bonds. The first-order chi connectivity index (χ1) is 14.1. The first-order valence-corrected chi connectivity index (χ1v) is 9.76. The molecule has 2 heterocycles. The Morgan fingerprint density at radius 2 is 2.14 bits per heavy atom. The van der Waals surface area contributed by atoms with Crippen LogP contribution in [0.25, 0.3) is 11.0 Å². The zero-order chi connectivity index (χ0) is 20.0. The van der Waals surface area contributed by atoms with Crippen LogP contribution in [0, 0.1) is 5.92 Å². The molecule has 1 aromatic heterocycles. The van der Waals surface area contributed by atoms with Crippen LogP contribution in [0.1, 0.15) is 36.2 Å². The Labute approximate surface area is 167 Å². The second-order valence-electron chi connectivity index (χ2n) is 7.43. The third-order valence-corrected chi connectivity index (χ3v) is 5.69. The van der Waals surface area contributed by atoms with Gasteiger partial charge in [-0.2, -0.15) is 0 Å². The summed E-state index contributed by atoms with van der Waals surface area (Å²) >= 11 is 0. The van der Waals surface area contributed by atoms with Gasteiger partial charge in [0.25, 0.3) is 5.91 Å². The third-order valence-electron chi connectivity index (χ3n) is 5.69. The summed E-state index contributed by atoms with van der Waals surface area (Å²) in [7, 11) is 1.56. The molecule has 1 aromatic carbocycles. The van der Waals surface area contributed by atoms with Gasteiger partial charge in [-0.15, -0.1) is 0 Å². The molecule has 6 nitrogen and oxygen atoms in total. The van der Waals surface area contributed by atoms with Crippen molar-refractivity contribution in [3.63, 3.8) is 0 Å². The van der Waals surface area contributed by atoms with E-state index in [4.69, 9.17) is 9.15 Å². The molecular formula is C23H20N2O4. The fraction of sp³-hybridized carbons (Fsp3) is 0.261. The summed E-state index contributed by atoms with van der Waals surface area (Å²) in [5, 5.41) is 3.76. The molecule has 2 aliphatic carbocycles. The summed E-state index contributed by atoms with van der Waals surface area (Å²) in [6.07, 6.45) is 9.59. The molecule has 0 saturated carbocycles. The molecule has 29 heavy (non-hydrogen) atoms. The van der Waals surface area contributed by atoms with E-state index in [1.165, 1.54) is 5.57 Å². The zero-order valence-electron chi connectivity index (χ0n) is 16.0. The van der Waals surface area contributed by atoms with E-state index in [0.717, 1.165) is 42.3 Å². The second-order valence-corrected chi connectivity index (χ2v) is 7.43. The predicted molar refractivity (Wildman–Crippen MR) is 109 cm³/mol. The Kier molecular flexibility index (Phi) is 4.19. The highest BCUT2D eigenvalue weighted by molar-refractivity contribution is 6.14. The number of rotatable bonds is 2. The van der Waals surface area contributed by atoms with Gasteiger partial charge in [0.2, 0.25) is 0 Å². The zero-order valence-corrected chi connectivity index (χ0v) is 16.0. The monoisotopic (exact) mass is 388 g/mol. The van der Waals surface area contributed by atoms with E-state index >= 15 is 0 Å². The Balaban J connectivity index is 1.45. The molecule has 0 bridgehead atoms. The number of fused-ring (bicyclic) bond motifs is 3. The summed E-state index contributed by atoms with van der Waals surface area (Å²) in [5.74, 6) is 0.298. The van der Waals surface area contributed by atoms with E-state index in [2.05, 4.69) is 10.3 Å².